The van der Waals surface area contributed by atoms with E-state index in [-0.39, 0.29) is 0 Å². The first kappa shape index (κ1) is 19.7. The van der Waals surface area contributed by atoms with Crippen LogP contribution in [-0.4, -0.2) is 44.4 Å². The number of rotatable bonds is 9. The SMILES string of the molecule is CCNC(=NCC1(CCOC)CCC1)NCC(O)c1ccc(C)cc1. The van der Waals surface area contributed by atoms with Crippen LogP contribution in [0.5, 0.6) is 0 Å². The Kier molecular flexibility index (Phi) is 7.72. The fourth-order valence-corrected chi connectivity index (χ4v) is 3.17. The van der Waals surface area contributed by atoms with Crippen molar-refractivity contribution < 1.29 is 9.84 Å². The largest absolute Gasteiger partial charge is 0.387 e. The maximum Gasteiger partial charge on any atom is 0.191 e. The van der Waals surface area contributed by atoms with Crippen molar-refractivity contribution in [2.75, 3.05) is 33.4 Å². The van der Waals surface area contributed by atoms with Gasteiger partial charge in [0.15, 0.2) is 5.96 Å². The smallest absolute Gasteiger partial charge is 0.191 e. The predicted octanol–water partition coefficient (Wildman–Crippen LogP) is 2.79. The molecule has 5 nitrogen and oxygen atoms in total. The molecular formula is C20H33N3O2. The van der Waals surface area contributed by atoms with E-state index in [1.807, 2.05) is 31.2 Å². The standard InChI is InChI=1S/C20H33N3O2/c1-4-21-19(23-15-20(10-5-11-20)12-13-25-3)22-14-18(24)17-8-6-16(2)7-9-17/h6-9,18,24H,4-5,10-15H2,1-3H3,(H2,21,22,23). The molecule has 1 aliphatic carbocycles. The molecule has 1 fully saturated rings. The fourth-order valence-electron chi connectivity index (χ4n) is 3.17. The summed E-state index contributed by atoms with van der Waals surface area (Å²) in [5.41, 5.74) is 2.42. The van der Waals surface area contributed by atoms with Crippen molar-refractivity contribution in [3.05, 3.63) is 35.4 Å². The molecule has 3 N–H and O–H groups in total. The van der Waals surface area contributed by atoms with Crippen molar-refractivity contribution in [2.45, 2.75) is 45.6 Å². The molecule has 0 bridgehead atoms. The summed E-state index contributed by atoms with van der Waals surface area (Å²) in [7, 11) is 1.76. The van der Waals surface area contributed by atoms with Crippen LogP contribution in [0.15, 0.2) is 29.3 Å². The zero-order valence-electron chi connectivity index (χ0n) is 15.8. The van der Waals surface area contributed by atoms with Gasteiger partial charge in [-0.15, -0.1) is 0 Å². The van der Waals surface area contributed by atoms with Crippen LogP contribution in [0, 0.1) is 12.3 Å². The third kappa shape index (κ3) is 6.01. The maximum atomic E-state index is 10.4. The van der Waals surface area contributed by atoms with Gasteiger partial charge in [0.1, 0.15) is 0 Å². The Balaban J connectivity index is 1.89. The molecule has 1 unspecified atom stereocenters. The Morgan fingerprint density at radius 3 is 2.56 bits per heavy atom. The normalized spacial score (nSPS) is 17.7. The van der Waals surface area contributed by atoms with Crippen LogP contribution in [-0.2, 0) is 4.74 Å². The van der Waals surface area contributed by atoms with Gasteiger partial charge in [-0.05, 0) is 44.1 Å². The molecule has 5 heteroatoms. The summed E-state index contributed by atoms with van der Waals surface area (Å²) in [6.07, 6.45) is 4.26. The molecule has 2 rings (SSSR count). The number of nitrogens with zero attached hydrogens (tertiary/aromatic N) is 1. The Hall–Kier alpha value is -1.59. The number of hydrogen-bond donors (Lipinski definition) is 3. The molecule has 0 aromatic heterocycles. The summed E-state index contributed by atoms with van der Waals surface area (Å²) in [6, 6.07) is 7.99. The van der Waals surface area contributed by atoms with Crippen LogP contribution in [0.25, 0.3) is 0 Å². The Bertz CT molecular complexity index is 538. The van der Waals surface area contributed by atoms with Crippen molar-refractivity contribution in [1.82, 2.24) is 10.6 Å². The molecule has 25 heavy (non-hydrogen) atoms. The van der Waals surface area contributed by atoms with Gasteiger partial charge in [0, 0.05) is 33.4 Å². The lowest BCUT2D eigenvalue weighted by Gasteiger charge is -2.40. The van der Waals surface area contributed by atoms with Crippen molar-refractivity contribution in [3.63, 3.8) is 0 Å². The Labute approximate surface area is 151 Å². The van der Waals surface area contributed by atoms with Crippen molar-refractivity contribution >= 4 is 5.96 Å². The molecule has 140 valence electrons. The first-order valence-electron chi connectivity index (χ1n) is 9.34. The van der Waals surface area contributed by atoms with E-state index in [9.17, 15) is 5.11 Å². The number of methoxy groups -OCH3 is 1. The summed E-state index contributed by atoms with van der Waals surface area (Å²) in [5.74, 6) is 0.775. The van der Waals surface area contributed by atoms with Crippen molar-refractivity contribution in [1.29, 1.82) is 0 Å². The summed E-state index contributed by atoms with van der Waals surface area (Å²) in [4.78, 5) is 4.77. The van der Waals surface area contributed by atoms with Gasteiger partial charge in [0.05, 0.1) is 6.10 Å². The van der Waals surface area contributed by atoms with Gasteiger partial charge >= 0.3 is 0 Å². The first-order valence-corrected chi connectivity index (χ1v) is 9.34. The number of hydrogen-bond acceptors (Lipinski definition) is 3. The van der Waals surface area contributed by atoms with Crippen molar-refractivity contribution in [2.24, 2.45) is 10.4 Å². The highest BCUT2D eigenvalue weighted by atomic mass is 16.5. The number of nitrogens with one attached hydrogen (secondary N) is 2. The average molecular weight is 348 g/mol. The predicted molar refractivity (Wildman–Crippen MR) is 103 cm³/mol. The lowest BCUT2D eigenvalue weighted by atomic mass is 9.67. The molecule has 1 saturated carbocycles. The summed E-state index contributed by atoms with van der Waals surface area (Å²) >= 11 is 0. The van der Waals surface area contributed by atoms with E-state index < -0.39 is 6.10 Å². The van der Waals surface area contributed by atoms with E-state index >= 15 is 0 Å². The van der Waals surface area contributed by atoms with E-state index in [0.29, 0.717) is 12.0 Å². The molecule has 1 atom stereocenters. The molecule has 0 spiro atoms. The van der Waals surface area contributed by atoms with Crippen LogP contribution in [0.2, 0.25) is 0 Å². The molecule has 0 radical (unpaired) electrons. The molecular weight excluding hydrogens is 314 g/mol. The van der Waals surface area contributed by atoms with Gasteiger partial charge in [-0.3, -0.25) is 4.99 Å². The molecule has 0 saturated heterocycles. The first-order chi connectivity index (χ1) is 12.1. The van der Waals surface area contributed by atoms with Crippen LogP contribution in [0.3, 0.4) is 0 Å². The molecule has 0 heterocycles. The number of ether oxygens (including phenoxy) is 1. The highest BCUT2D eigenvalue weighted by Crippen LogP contribution is 2.44. The zero-order chi connectivity index (χ0) is 18.1. The van der Waals surface area contributed by atoms with E-state index in [1.165, 1.54) is 24.8 Å². The van der Waals surface area contributed by atoms with Gasteiger partial charge in [0.25, 0.3) is 0 Å². The third-order valence-electron chi connectivity index (χ3n) is 5.09. The summed E-state index contributed by atoms with van der Waals surface area (Å²) < 4.78 is 5.25. The minimum Gasteiger partial charge on any atom is -0.387 e. The number of aliphatic imine (C=N–C) groups is 1. The van der Waals surface area contributed by atoms with E-state index in [0.717, 1.165) is 37.6 Å². The lowest BCUT2D eigenvalue weighted by Crippen LogP contribution is -2.41. The number of benzene rings is 1. The van der Waals surface area contributed by atoms with E-state index in [4.69, 9.17) is 9.73 Å². The minimum atomic E-state index is -0.546. The zero-order valence-corrected chi connectivity index (χ0v) is 15.8. The van der Waals surface area contributed by atoms with Gasteiger partial charge < -0.3 is 20.5 Å². The average Bonchev–Trinajstić information content (AvgIpc) is 2.58. The minimum absolute atomic E-state index is 0.300. The van der Waals surface area contributed by atoms with Crippen LogP contribution in [0.1, 0.15) is 49.8 Å². The second kappa shape index (κ2) is 9.78. The van der Waals surface area contributed by atoms with Gasteiger partial charge in [0.2, 0.25) is 0 Å². The summed E-state index contributed by atoms with van der Waals surface area (Å²) in [6.45, 7) is 6.96. The second-order valence-electron chi connectivity index (χ2n) is 7.10. The molecule has 0 aliphatic heterocycles. The maximum absolute atomic E-state index is 10.4. The quantitative estimate of drug-likeness (QED) is 0.475. The van der Waals surface area contributed by atoms with Crippen LogP contribution < -0.4 is 10.6 Å². The van der Waals surface area contributed by atoms with Gasteiger partial charge in [-0.25, -0.2) is 0 Å². The topological polar surface area (TPSA) is 65.9 Å². The molecule has 0 amide bonds. The number of aryl methyl sites for hydroxylation is 1. The van der Waals surface area contributed by atoms with Gasteiger partial charge in [-0.2, -0.15) is 0 Å². The molecule has 1 aromatic carbocycles. The van der Waals surface area contributed by atoms with E-state index in [1.54, 1.807) is 7.11 Å². The monoisotopic (exact) mass is 347 g/mol. The van der Waals surface area contributed by atoms with E-state index in [2.05, 4.69) is 17.6 Å². The Morgan fingerprint density at radius 2 is 2.00 bits per heavy atom. The summed E-state index contributed by atoms with van der Waals surface area (Å²) in [5, 5.41) is 16.9. The van der Waals surface area contributed by atoms with Crippen LogP contribution >= 0.6 is 0 Å². The number of guanidine groups is 1. The highest BCUT2D eigenvalue weighted by Gasteiger charge is 2.36. The van der Waals surface area contributed by atoms with Crippen LogP contribution in [0.4, 0.5) is 0 Å². The number of aliphatic hydroxyl groups is 1. The molecule has 1 aliphatic rings. The number of aliphatic hydroxyl groups excluding tert-OH is 1. The van der Waals surface area contributed by atoms with Gasteiger partial charge in [-0.1, -0.05) is 36.2 Å². The second-order valence-corrected chi connectivity index (χ2v) is 7.10. The molecule has 1 aromatic rings. The Morgan fingerprint density at radius 1 is 1.28 bits per heavy atom. The van der Waals surface area contributed by atoms with Crippen molar-refractivity contribution in [3.8, 4) is 0 Å². The fraction of sp³-hybridized carbons (Fsp3) is 0.650. The highest BCUT2D eigenvalue weighted by molar-refractivity contribution is 5.79. The lowest BCUT2D eigenvalue weighted by molar-refractivity contribution is 0.0778. The third-order valence-corrected chi connectivity index (χ3v) is 5.09.